The van der Waals surface area contributed by atoms with E-state index in [4.69, 9.17) is 11.6 Å². The molecule has 0 unspecified atom stereocenters. The van der Waals surface area contributed by atoms with Gasteiger partial charge >= 0.3 is 0 Å². The van der Waals surface area contributed by atoms with Gasteiger partial charge in [-0.05, 0) is 43.3 Å². The summed E-state index contributed by atoms with van der Waals surface area (Å²) in [7, 11) is 0. The molecule has 0 atom stereocenters. The fraction of sp³-hybridized carbons (Fsp3) is 0.227. The first-order chi connectivity index (χ1) is 14.9. The Morgan fingerprint density at radius 3 is 2.29 bits per heavy atom. The van der Waals surface area contributed by atoms with E-state index in [-0.39, 0.29) is 11.6 Å². The Hall–Kier alpha value is -3.52. The number of hydrogen-bond donors (Lipinski definition) is 0. The van der Waals surface area contributed by atoms with Gasteiger partial charge in [0.1, 0.15) is 0 Å². The summed E-state index contributed by atoms with van der Waals surface area (Å²) in [5, 5.41) is 20.3. The summed E-state index contributed by atoms with van der Waals surface area (Å²) < 4.78 is 0. The number of piperazine rings is 1. The molecule has 0 saturated carbocycles. The van der Waals surface area contributed by atoms with Crippen LogP contribution in [0, 0.1) is 17.0 Å². The molecule has 1 amide bonds. The van der Waals surface area contributed by atoms with Crippen LogP contribution in [0.5, 0.6) is 0 Å². The molecule has 0 N–H and O–H groups in total. The number of amides is 1. The highest BCUT2D eigenvalue weighted by Gasteiger charge is 2.24. The SMILES string of the molecule is Cc1cc(C(=O)N2CCN(c3ccc(-c4ccc(Cl)cc4)nn3)CC2)ccc1[N+](=O)[O-]. The molecule has 0 radical (unpaired) electrons. The predicted molar refractivity (Wildman–Crippen MR) is 118 cm³/mol. The quantitative estimate of drug-likeness (QED) is 0.453. The summed E-state index contributed by atoms with van der Waals surface area (Å²) in [5.74, 6) is 0.637. The third-order valence-corrected chi connectivity index (χ3v) is 5.57. The number of hydrogen-bond acceptors (Lipinski definition) is 6. The topological polar surface area (TPSA) is 92.5 Å². The molecule has 2 heterocycles. The van der Waals surface area contributed by atoms with Crippen molar-refractivity contribution < 1.29 is 9.72 Å². The number of nitro groups is 1. The molecule has 1 saturated heterocycles. The van der Waals surface area contributed by atoms with Crippen LogP contribution in [0.25, 0.3) is 11.3 Å². The third kappa shape index (κ3) is 4.49. The van der Waals surface area contributed by atoms with Gasteiger partial charge in [-0.15, -0.1) is 10.2 Å². The van der Waals surface area contributed by atoms with Gasteiger partial charge in [0, 0.05) is 54.0 Å². The van der Waals surface area contributed by atoms with Crippen LogP contribution < -0.4 is 4.90 Å². The highest BCUT2D eigenvalue weighted by molar-refractivity contribution is 6.30. The number of nitro benzene ring substituents is 1. The molecule has 158 valence electrons. The number of carbonyl (C=O) groups excluding carboxylic acids is 1. The molecular formula is C22H20ClN5O3. The zero-order valence-electron chi connectivity index (χ0n) is 16.9. The maximum atomic E-state index is 12.8. The van der Waals surface area contributed by atoms with E-state index in [1.54, 1.807) is 17.9 Å². The van der Waals surface area contributed by atoms with Crippen molar-refractivity contribution in [2.45, 2.75) is 6.92 Å². The maximum Gasteiger partial charge on any atom is 0.272 e. The molecule has 9 heteroatoms. The van der Waals surface area contributed by atoms with Crippen LogP contribution >= 0.6 is 11.6 Å². The Morgan fingerprint density at radius 2 is 1.71 bits per heavy atom. The first kappa shape index (κ1) is 20.7. The highest BCUT2D eigenvalue weighted by atomic mass is 35.5. The average molecular weight is 438 g/mol. The van der Waals surface area contributed by atoms with Gasteiger partial charge < -0.3 is 9.80 Å². The lowest BCUT2D eigenvalue weighted by molar-refractivity contribution is -0.385. The van der Waals surface area contributed by atoms with Crippen molar-refractivity contribution in [1.29, 1.82) is 0 Å². The van der Waals surface area contributed by atoms with E-state index in [2.05, 4.69) is 15.1 Å². The molecule has 1 aromatic heterocycles. The van der Waals surface area contributed by atoms with Crippen LogP contribution in [0.3, 0.4) is 0 Å². The minimum Gasteiger partial charge on any atom is -0.352 e. The van der Waals surface area contributed by atoms with Crippen LogP contribution in [-0.4, -0.2) is 52.1 Å². The van der Waals surface area contributed by atoms with Crippen molar-refractivity contribution in [3.8, 4) is 11.3 Å². The van der Waals surface area contributed by atoms with Crippen molar-refractivity contribution in [2.75, 3.05) is 31.1 Å². The van der Waals surface area contributed by atoms with Crippen LogP contribution in [0.2, 0.25) is 5.02 Å². The molecule has 2 aromatic carbocycles. The Morgan fingerprint density at radius 1 is 1.00 bits per heavy atom. The number of anilines is 1. The van der Waals surface area contributed by atoms with Crippen LogP contribution in [0.1, 0.15) is 15.9 Å². The predicted octanol–water partition coefficient (Wildman–Crippen LogP) is 3.98. The van der Waals surface area contributed by atoms with E-state index >= 15 is 0 Å². The lowest BCUT2D eigenvalue weighted by atomic mass is 10.1. The normalized spacial score (nSPS) is 13.9. The van der Waals surface area contributed by atoms with Crippen LogP contribution in [-0.2, 0) is 0 Å². The number of aromatic nitrogens is 2. The van der Waals surface area contributed by atoms with Gasteiger partial charge in [-0.2, -0.15) is 0 Å². The van der Waals surface area contributed by atoms with Crippen molar-refractivity contribution >= 4 is 29.0 Å². The Kier molecular flexibility index (Phi) is 5.81. The first-order valence-electron chi connectivity index (χ1n) is 9.81. The Balaban J connectivity index is 1.39. The van der Waals surface area contributed by atoms with Gasteiger partial charge in [-0.3, -0.25) is 14.9 Å². The smallest absolute Gasteiger partial charge is 0.272 e. The number of aryl methyl sites for hydroxylation is 1. The minimum atomic E-state index is -0.443. The van der Waals surface area contributed by atoms with Gasteiger partial charge in [-0.1, -0.05) is 23.7 Å². The largest absolute Gasteiger partial charge is 0.352 e. The fourth-order valence-electron chi connectivity index (χ4n) is 3.58. The molecule has 0 spiro atoms. The maximum absolute atomic E-state index is 12.8. The van der Waals surface area contributed by atoms with E-state index in [1.807, 2.05) is 36.4 Å². The van der Waals surface area contributed by atoms with E-state index in [0.29, 0.717) is 42.3 Å². The number of nitrogens with zero attached hydrogens (tertiary/aromatic N) is 5. The van der Waals surface area contributed by atoms with Gasteiger partial charge in [-0.25, -0.2) is 0 Å². The number of halogens is 1. The molecular weight excluding hydrogens is 418 g/mol. The molecule has 8 nitrogen and oxygen atoms in total. The van der Waals surface area contributed by atoms with Crippen molar-refractivity contribution in [3.63, 3.8) is 0 Å². The molecule has 0 aliphatic carbocycles. The molecule has 31 heavy (non-hydrogen) atoms. The van der Waals surface area contributed by atoms with Crippen molar-refractivity contribution in [1.82, 2.24) is 15.1 Å². The Bertz CT molecular complexity index is 1110. The summed E-state index contributed by atoms with van der Waals surface area (Å²) in [5.41, 5.74) is 2.66. The number of benzene rings is 2. The zero-order chi connectivity index (χ0) is 22.0. The van der Waals surface area contributed by atoms with Crippen LogP contribution in [0.4, 0.5) is 11.5 Å². The van der Waals surface area contributed by atoms with Gasteiger partial charge in [0.05, 0.1) is 10.6 Å². The van der Waals surface area contributed by atoms with Crippen molar-refractivity contribution in [2.24, 2.45) is 0 Å². The summed E-state index contributed by atoms with van der Waals surface area (Å²) in [4.78, 5) is 27.2. The van der Waals surface area contributed by atoms with Gasteiger partial charge in [0.2, 0.25) is 0 Å². The molecule has 3 aromatic rings. The third-order valence-electron chi connectivity index (χ3n) is 5.32. The standard InChI is InChI=1S/C22H20ClN5O3/c1-15-14-17(4-8-20(15)28(30)31)22(29)27-12-10-26(11-13-27)21-9-7-19(24-25-21)16-2-5-18(23)6-3-16/h2-9,14H,10-13H2,1H3. The molecule has 0 bridgehead atoms. The van der Waals surface area contributed by atoms with Crippen LogP contribution in [0.15, 0.2) is 54.6 Å². The second kappa shape index (κ2) is 8.69. The summed E-state index contributed by atoms with van der Waals surface area (Å²) in [6.07, 6.45) is 0. The monoisotopic (exact) mass is 437 g/mol. The summed E-state index contributed by atoms with van der Waals surface area (Å²) in [6.45, 7) is 3.98. The lowest BCUT2D eigenvalue weighted by Gasteiger charge is -2.35. The summed E-state index contributed by atoms with van der Waals surface area (Å²) in [6, 6.07) is 15.7. The molecule has 4 rings (SSSR count). The van der Waals surface area contributed by atoms with E-state index in [0.717, 1.165) is 17.1 Å². The van der Waals surface area contributed by atoms with E-state index < -0.39 is 4.92 Å². The molecule has 1 aliphatic rings. The lowest BCUT2D eigenvalue weighted by Crippen LogP contribution is -2.49. The summed E-state index contributed by atoms with van der Waals surface area (Å²) >= 11 is 5.93. The van der Waals surface area contributed by atoms with Crippen molar-refractivity contribution in [3.05, 3.63) is 80.9 Å². The first-order valence-corrected chi connectivity index (χ1v) is 10.2. The highest BCUT2D eigenvalue weighted by Crippen LogP contribution is 2.23. The van der Waals surface area contributed by atoms with E-state index in [1.165, 1.54) is 12.1 Å². The van der Waals surface area contributed by atoms with Gasteiger partial charge in [0.25, 0.3) is 11.6 Å². The Labute approximate surface area is 184 Å². The fourth-order valence-corrected chi connectivity index (χ4v) is 3.71. The number of carbonyl (C=O) groups is 1. The second-order valence-corrected chi connectivity index (χ2v) is 7.76. The second-order valence-electron chi connectivity index (χ2n) is 7.32. The molecule has 1 aliphatic heterocycles. The van der Waals surface area contributed by atoms with E-state index in [9.17, 15) is 14.9 Å². The molecule has 1 fully saturated rings. The minimum absolute atomic E-state index is 0.0157. The zero-order valence-corrected chi connectivity index (χ0v) is 17.6. The van der Waals surface area contributed by atoms with Gasteiger partial charge in [0.15, 0.2) is 5.82 Å². The number of rotatable bonds is 4. The average Bonchev–Trinajstić information content (AvgIpc) is 2.79.